The van der Waals surface area contributed by atoms with E-state index in [0.717, 1.165) is 11.1 Å². The van der Waals surface area contributed by atoms with Gasteiger partial charge in [-0.05, 0) is 42.7 Å². The summed E-state index contributed by atoms with van der Waals surface area (Å²) in [4.78, 5) is 36.7. The van der Waals surface area contributed by atoms with Crippen LogP contribution in [0.2, 0.25) is 0 Å². The zero-order chi connectivity index (χ0) is 26.1. The summed E-state index contributed by atoms with van der Waals surface area (Å²) in [6.45, 7) is 1.94. The van der Waals surface area contributed by atoms with Crippen LogP contribution in [0.4, 0.5) is 5.69 Å². The predicted molar refractivity (Wildman–Crippen MR) is 135 cm³/mol. The van der Waals surface area contributed by atoms with Crippen LogP contribution in [0.5, 0.6) is 11.5 Å². The second kappa shape index (κ2) is 12.3. The van der Waals surface area contributed by atoms with Crippen LogP contribution in [0.1, 0.15) is 27.0 Å². The number of methoxy groups -OCH3 is 2. The molecule has 0 aliphatic heterocycles. The van der Waals surface area contributed by atoms with E-state index in [4.69, 9.17) is 9.47 Å². The molecule has 2 N–H and O–H groups in total. The molecule has 0 saturated carbocycles. The first-order valence-electron chi connectivity index (χ1n) is 11.4. The van der Waals surface area contributed by atoms with Crippen molar-refractivity contribution in [3.63, 3.8) is 0 Å². The van der Waals surface area contributed by atoms with Crippen molar-refractivity contribution >= 4 is 17.5 Å². The van der Waals surface area contributed by atoms with Gasteiger partial charge in [-0.15, -0.1) is 0 Å². The van der Waals surface area contributed by atoms with Crippen molar-refractivity contribution in [2.24, 2.45) is 0 Å². The summed E-state index contributed by atoms with van der Waals surface area (Å²) in [7, 11) is 3.12. The minimum atomic E-state index is -0.870. The zero-order valence-corrected chi connectivity index (χ0v) is 20.4. The Morgan fingerprint density at radius 1 is 0.944 bits per heavy atom. The summed E-state index contributed by atoms with van der Waals surface area (Å²) < 4.78 is 10.6. The number of nitrogens with one attached hydrogen (secondary N) is 2. The number of hydrogen-bond donors (Lipinski definition) is 2. The molecule has 0 aliphatic rings. The maximum absolute atomic E-state index is 13.1. The molecule has 0 spiro atoms. The summed E-state index contributed by atoms with van der Waals surface area (Å²) in [5.41, 5.74) is 2.23. The molecule has 0 aliphatic carbocycles. The van der Waals surface area contributed by atoms with E-state index in [2.05, 4.69) is 10.6 Å². The van der Waals surface area contributed by atoms with E-state index in [9.17, 15) is 19.7 Å². The summed E-state index contributed by atoms with van der Waals surface area (Å²) in [6, 6.07) is 18.2. The Kier molecular flexibility index (Phi) is 8.99. The molecule has 3 aromatic carbocycles. The van der Waals surface area contributed by atoms with Gasteiger partial charge in [-0.3, -0.25) is 19.7 Å². The lowest BCUT2D eigenvalue weighted by Gasteiger charge is -2.19. The first kappa shape index (κ1) is 26.2. The monoisotopic (exact) mass is 491 g/mol. The van der Waals surface area contributed by atoms with Gasteiger partial charge in [-0.25, -0.2) is 0 Å². The highest BCUT2D eigenvalue weighted by Crippen LogP contribution is 2.27. The van der Waals surface area contributed by atoms with Crippen molar-refractivity contribution in [2.75, 3.05) is 20.8 Å². The number of ether oxygens (including phenoxy) is 2. The Balaban J connectivity index is 1.71. The fourth-order valence-corrected chi connectivity index (χ4v) is 3.74. The van der Waals surface area contributed by atoms with E-state index >= 15 is 0 Å². The first-order chi connectivity index (χ1) is 17.3. The smallest absolute Gasteiger partial charge is 0.273 e. The third kappa shape index (κ3) is 6.82. The normalized spacial score (nSPS) is 11.3. The fourth-order valence-electron chi connectivity index (χ4n) is 3.74. The SMILES string of the molecule is COc1ccc(CCNC(=O)C(Cc2ccccc2)NC(=O)c2ccc(C)c([N+](=O)[O-])c2)cc1OC. The van der Waals surface area contributed by atoms with Crippen LogP contribution >= 0.6 is 0 Å². The molecular formula is C27H29N3O6. The molecule has 1 unspecified atom stereocenters. The van der Waals surface area contributed by atoms with Gasteiger partial charge in [0.05, 0.1) is 19.1 Å². The quantitative estimate of drug-likeness (QED) is 0.312. The highest BCUT2D eigenvalue weighted by Gasteiger charge is 2.23. The molecular weight excluding hydrogens is 462 g/mol. The minimum absolute atomic E-state index is 0.114. The van der Waals surface area contributed by atoms with E-state index in [0.29, 0.717) is 30.0 Å². The molecule has 0 fully saturated rings. The van der Waals surface area contributed by atoms with E-state index in [1.807, 2.05) is 42.5 Å². The number of aryl methyl sites for hydroxylation is 1. The Morgan fingerprint density at radius 2 is 1.67 bits per heavy atom. The molecule has 0 radical (unpaired) electrons. The maximum atomic E-state index is 13.1. The number of nitro groups is 1. The topological polar surface area (TPSA) is 120 Å². The molecule has 2 amide bonds. The highest BCUT2D eigenvalue weighted by molar-refractivity contribution is 5.98. The summed E-state index contributed by atoms with van der Waals surface area (Å²) in [5.74, 6) is 0.304. The number of hydrogen-bond acceptors (Lipinski definition) is 6. The minimum Gasteiger partial charge on any atom is -0.493 e. The van der Waals surface area contributed by atoms with Crippen molar-refractivity contribution in [3.8, 4) is 11.5 Å². The first-order valence-corrected chi connectivity index (χ1v) is 11.4. The Labute approximate surface area is 209 Å². The van der Waals surface area contributed by atoms with E-state index in [-0.39, 0.29) is 23.6 Å². The van der Waals surface area contributed by atoms with Crippen molar-refractivity contribution < 1.29 is 24.0 Å². The van der Waals surface area contributed by atoms with Crippen molar-refractivity contribution in [2.45, 2.75) is 25.8 Å². The lowest BCUT2D eigenvalue weighted by atomic mass is 10.0. The van der Waals surface area contributed by atoms with Crippen molar-refractivity contribution in [1.29, 1.82) is 0 Å². The predicted octanol–water partition coefficient (Wildman–Crippen LogP) is 3.62. The highest BCUT2D eigenvalue weighted by atomic mass is 16.6. The van der Waals surface area contributed by atoms with Crippen molar-refractivity contribution in [3.05, 3.63) is 99.1 Å². The van der Waals surface area contributed by atoms with Gasteiger partial charge in [0.15, 0.2) is 11.5 Å². The second-order valence-corrected chi connectivity index (χ2v) is 8.20. The standard InChI is InChI=1S/C27H29N3O6/c1-18-9-11-21(17-23(18)30(33)34)26(31)29-22(15-19-7-5-4-6-8-19)27(32)28-14-13-20-10-12-24(35-2)25(16-20)36-3/h4-12,16-17,22H,13-15H2,1-3H3,(H,28,32)(H,29,31). The van der Waals surface area contributed by atoms with Crippen LogP contribution in [0, 0.1) is 17.0 Å². The van der Waals surface area contributed by atoms with Gasteiger partial charge in [0.25, 0.3) is 11.6 Å². The molecule has 36 heavy (non-hydrogen) atoms. The van der Waals surface area contributed by atoms with E-state index in [1.54, 1.807) is 27.2 Å². The van der Waals surface area contributed by atoms with Crippen LogP contribution < -0.4 is 20.1 Å². The number of benzene rings is 3. The van der Waals surface area contributed by atoms with Gasteiger partial charge < -0.3 is 20.1 Å². The number of carbonyl (C=O) groups is 2. The van der Waals surface area contributed by atoms with Crippen molar-refractivity contribution in [1.82, 2.24) is 10.6 Å². The third-order valence-corrected chi connectivity index (χ3v) is 5.73. The largest absolute Gasteiger partial charge is 0.493 e. The number of carbonyl (C=O) groups excluding carboxylic acids is 2. The van der Waals surface area contributed by atoms with Crippen LogP contribution in [0.25, 0.3) is 0 Å². The maximum Gasteiger partial charge on any atom is 0.273 e. The number of nitrogens with zero attached hydrogens (tertiary/aromatic N) is 1. The molecule has 1 atom stereocenters. The van der Waals surface area contributed by atoms with Gasteiger partial charge in [-0.2, -0.15) is 0 Å². The number of nitro benzene ring substituents is 1. The Hall–Kier alpha value is -4.40. The van der Waals surface area contributed by atoms with E-state index in [1.165, 1.54) is 18.2 Å². The summed E-state index contributed by atoms with van der Waals surface area (Å²) in [5, 5.41) is 16.9. The van der Waals surface area contributed by atoms with Gasteiger partial charge in [-0.1, -0.05) is 42.5 Å². The van der Waals surface area contributed by atoms with Crippen LogP contribution in [-0.2, 0) is 17.6 Å². The second-order valence-electron chi connectivity index (χ2n) is 8.20. The number of rotatable bonds is 11. The van der Waals surface area contributed by atoms with Gasteiger partial charge >= 0.3 is 0 Å². The van der Waals surface area contributed by atoms with Crippen LogP contribution in [0.15, 0.2) is 66.7 Å². The molecule has 3 rings (SSSR count). The molecule has 188 valence electrons. The molecule has 0 bridgehead atoms. The lowest BCUT2D eigenvalue weighted by Crippen LogP contribution is -2.48. The molecule has 9 heteroatoms. The average molecular weight is 492 g/mol. The molecule has 0 aromatic heterocycles. The van der Waals surface area contributed by atoms with Crippen LogP contribution in [-0.4, -0.2) is 43.5 Å². The average Bonchev–Trinajstić information content (AvgIpc) is 2.88. The third-order valence-electron chi connectivity index (χ3n) is 5.73. The fraction of sp³-hybridized carbons (Fsp3) is 0.259. The molecule has 0 saturated heterocycles. The molecule has 0 heterocycles. The van der Waals surface area contributed by atoms with E-state index < -0.39 is 16.9 Å². The zero-order valence-electron chi connectivity index (χ0n) is 20.4. The van der Waals surface area contributed by atoms with Crippen LogP contribution in [0.3, 0.4) is 0 Å². The van der Waals surface area contributed by atoms with Gasteiger partial charge in [0, 0.05) is 30.2 Å². The summed E-state index contributed by atoms with van der Waals surface area (Å²) in [6.07, 6.45) is 0.810. The molecule has 9 nitrogen and oxygen atoms in total. The Bertz CT molecular complexity index is 1230. The summed E-state index contributed by atoms with van der Waals surface area (Å²) >= 11 is 0. The van der Waals surface area contributed by atoms with Gasteiger partial charge in [0.2, 0.25) is 5.91 Å². The molecule has 3 aromatic rings. The number of amides is 2. The Morgan fingerprint density at radius 3 is 2.33 bits per heavy atom. The lowest BCUT2D eigenvalue weighted by molar-refractivity contribution is -0.385. The van der Waals surface area contributed by atoms with Gasteiger partial charge in [0.1, 0.15) is 6.04 Å².